The Morgan fingerprint density at radius 2 is 2.00 bits per heavy atom. The van der Waals surface area contributed by atoms with Gasteiger partial charge in [0.05, 0.1) is 0 Å². The molecule has 0 heterocycles. The van der Waals surface area contributed by atoms with E-state index in [4.69, 9.17) is 0 Å². The minimum atomic E-state index is -0.104. The molecule has 4 bridgehead atoms. The van der Waals surface area contributed by atoms with Crippen molar-refractivity contribution in [3.8, 4) is 0 Å². The van der Waals surface area contributed by atoms with Crippen LogP contribution in [-0.2, 0) is 4.79 Å². The maximum absolute atomic E-state index is 13.1. The standard InChI is InChI=1S/C18H26O/c1-10(2)15-13-6-7-14(15)18(11(3)4)9-8-12(5)16(13)17(18)19/h6-7,11-14,16H,8-9H2,1-5H3/t12-,13+,14-,16+,18-/m1/s1. The number of Topliss-reactive ketones (excluding diaryl/α,β-unsaturated/α-hetero) is 1. The van der Waals surface area contributed by atoms with Crippen LogP contribution in [0.25, 0.3) is 0 Å². The summed E-state index contributed by atoms with van der Waals surface area (Å²) in [5.74, 6) is 2.60. The fourth-order valence-electron chi connectivity index (χ4n) is 5.15. The first-order valence-corrected chi connectivity index (χ1v) is 7.81. The van der Waals surface area contributed by atoms with E-state index in [9.17, 15) is 4.79 Å². The van der Waals surface area contributed by atoms with E-state index in [0.717, 1.165) is 6.42 Å². The number of fused-ring (bicyclic) bond motifs is 6. The molecular formula is C18H26O. The highest BCUT2D eigenvalue weighted by Crippen LogP contribution is 2.62. The SMILES string of the molecule is CC(C)=C1[C@H]2C=C[C@@H]1[C@H]1C(=O)[C@@]2(C(C)C)CC[C@H]1C. The monoisotopic (exact) mass is 258 g/mol. The molecule has 0 amide bonds. The maximum atomic E-state index is 13.1. The smallest absolute Gasteiger partial charge is 0.144 e. The number of allylic oxidation sites excluding steroid dienone is 4. The van der Waals surface area contributed by atoms with Gasteiger partial charge in [-0.25, -0.2) is 0 Å². The summed E-state index contributed by atoms with van der Waals surface area (Å²) >= 11 is 0. The molecule has 3 aliphatic carbocycles. The average molecular weight is 258 g/mol. The first-order valence-electron chi connectivity index (χ1n) is 7.81. The molecule has 2 fully saturated rings. The largest absolute Gasteiger partial charge is 0.299 e. The number of hydrogen-bond donors (Lipinski definition) is 0. The summed E-state index contributed by atoms with van der Waals surface area (Å²) in [5, 5.41) is 0. The Balaban J connectivity index is 2.22. The van der Waals surface area contributed by atoms with E-state index in [1.807, 2.05) is 0 Å². The van der Waals surface area contributed by atoms with Gasteiger partial charge in [0, 0.05) is 23.2 Å². The van der Waals surface area contributed by atoms with Crippen LogP contribution in [0.2, 0.25) is 0 Å². The van der Waals surface area contributed by atoms with Crippen LogP contribution in [-0.4, -0.2) is 5.78 Å². The highest BCUT2D eigenvalue weighted by Gasteiger charge is 2.61. The summed E-state index contributed by atoms with van der Waals surface area (Å²) in [6.07, 6.45) is 7.02. The third-order valence-corrected chi connectivity index (χ3v) is 6.14. The molecule has 0 aliphatic heterocycles. The van der Waals surface area contributed by atoms with E-state index >= 15 is 0 Å². The molecule has 3 rings (SSSR count). The van der Waals surface area contributed by atoms with Crippen molar-refractivity contribution in [1.29, 1.82) is 0 Å². The molecule has 0 unspecified atom stereocenters. The average Bonchev–Trinajstić information content (AvgIpc) is 2.70. The lowest BCUT2D eigenvalue weighted by molar-refractivity contribution is -0.149. The first kappa shape index (κ1) is 13.1. The fraction of sp³-hybridized carbons (Fsp3) is 0.722. The Bertz CT molecular complexity index is 478. The summed E-state index contributed by atoms with van der Waals surface area (Å²) in [6, 6.07) is 0. The third kappa shape index (κ3) is 1.45. The summed E-state index contributed by atoms with van der Waals surface area (Å²) < 4.78 is 0. The second kappa shape index (κ2) is 4.07. The van der Waals surface area contributed by atoms with E-state index in [0.29, 0.717) is 29.5 Å². The lowest BCUT2D eigenvalue weighted by Gasteiger charge is -2.54. The van der Waals surface area contributed by atoms with E-state index in [1.54, 1.807) is 5.57 Å². The first-order chi connectivity index (χ1) is 8.91. The Morgan fingerprint density at radius 3 is 2.58 bits per heavy atom. The summed E-state index contributed by atoms with van der Waals surface area (Å²) in [6.45, 7) is 11.2. The molecule has 3 aliphatic rings. The van der Waals surface area contributed by atoms with Gasteiger partial charge >= 0.3 is 0 Å². The molecule has 0 N–H and O–H groups in total. The van der Waals surface area contributed by atoms with Crippen molar-refractivity contribution in [1.82, 2.24) is 0 Å². The van der Waals surface area contributed by atoms with Gasteiger partial charge in [-0.2, -0.15) is 0 Å². The predicted molar refractivity (Wildman–Crippen MR) is 78.7 cm³/mol. The van der Waals surface area contributed by atoms with Crippen molar-refractivity contribution >= 4 is 5.78 Å². The van der Waals surface area contributed by atoms with Gasteiger partial charge in [0.15, 0.2) is 0 Å². The molecule has 1 nitrogen and oxygen atoms in total. The number of carbonyl (C=O) groups excluding carboxylic acids is 1. The minimum absolute atomic E-state index is 0.104. The van der Waals surface area contributed by atoms with Crippen molar-refractivity contribution in [3.63, 3.8) is 0 Å². The highest BCUT2D eigenvalue weighted by atomic mass is 16.1. The molecule has 0 aromatic carbocycles. The van der Waals surface area contributed by atoms with Crippen LogP contribution in [0.1, 0.15) is 47.5 Å². The molecule has 0 aromatic rings. The number of carbonyl (C=O) groups is 1. The van der Waals surface area contributed by atoms with Crippen LogP contribution in [0, 0.1) is 35.0 Å². The summed E-state index contributed by atoms with van der Waals surface area (Å²) in [5.41, 5.74) is 2.91. The molecule has 5 atom stereocenters. The van der Waals surface area contributed by atoms with Gasteiger partial charge in [-0.05, 0) is 38.5 Å². The summed E-state index contributed by atoms with van der Waals surface area (Å²) in [7, 11) is 0. The molecule has 0 aromatic heterocycles. The van der Waals surface area contributed by atoms with Crippen molar-refractivity contribution in [3.05, 3.63) is 23.3 Å². The van der Waals surface area contributed by atoms with E-state index < -0.39 is 0 Å². The van der Waals surface area contributed by atoms with Crippen LogP contribution >= 0.6 is 0 Å². The zero-order valence-electron chi connectivity index (χ0n) is 12.9. The lowest BCUT2D eigenvalue weighted by atomic mass is 9.48. The fourth-order valence-corrected chi connectivity index (χ4v) is 5.15. The van der Waals surface area contributed by atoms with Crippen LogP contribution < -0.4 is 0 Å². The van der Waals surface area contributed by atoms with Gasteiger partial charge in [0.1, 0.15) is 5.78 Å². The second-order valence-electron chi connectivity index (χ2n) is 7.44. The van der Waals surface area contributed by atoms with Gasteiger partial charge in [0.2, 0.25) is 0 Å². The Kier molecular flexibility index (Phi) is 2.82. The van der Waals surface area contributed by atoms with Crippen molar-refractivity contribution in [2.45, 2.75) is 47.5 Å². The number of rotatable bonds is 1. The predicted octanol–water partition coefficient (Wildman–Crippen LogP) is 4.40. The van der Waals surface area contributed by atoms with Gasteiger partial charge in [-0.1, -0.05) is 44.1 Å². The molecule has 104 valence electrons. The Morgan fingerprint density at radius 1 is 1.32 bits per heavy atom. The molecule has 19 heavy (non-hydrogen) atoms. The lowest BCUT2D eigenvalue weighted by Crippen LogP contribution is -2.56. The van der Waals surface area contributed by atoms with Crippen molar-refractivity contribution in [2.75, 3.05) is 0 Å². The minimum Gasteiger partial charge on any atom is -0.299 e. The third-order valence-electron chi connectivity index (χ3n) is 6.14. The van der Waals surface area contributed by atoms with Crippen LogP contribution in [0.15, 0.2) is 23.3 Å². The topological polar surface area (TPSA) is 17.1 Å². The van der Waals surface area contributed by atoms with Gasteiger partial charge in [-0.3, -0.25) is 4.79 Å². The van der Waals surface area contributed by atoms with Crippen LogP contribution in [0.4, 0.5) is 0 Å². The van der Waals surface area contributed by atoms with Crippen molar-refractivity contribution in [2.24, 2.45) is 35.0 Å². The molecule has 0 radical (unpaired) electrons. The Labute approximate surface area is 117 Å². The Hall–Kier alpha value is -0.850. The van der Waals surface area contributed by atoms with Crippen LogP contribution in [0.5, 0.6) is 0 Å². The van der Waals surface area contributed by atoms with E-state index in [2.05, 4.69) is 46.8 Å². The quantitative estimate of drug-likeness (QED) is 0.637. The normalized spacial score (nSPS) is 44.1. The van der Waals surface area contributed by atoms with Gasteiger partial charge in [0.25, 0.3) is 0 Å². The molecule has 0 spiro atoms. The number of ketones is 1. The van der Waals surface area contributed by atoms with Gasteiger partial charge < -0.3 is 0 Å². The highest BCUT2D eigenvalue weighted by molar-refractivity contribution is 5.92. The van der Waals surface area contributed by atoms with Crippen LogP contribution in [0.3, 0.4) is 0 Å². The molecule has 1 heteroatoms. The zero-order chi connectivity index (χ0) is 13.9. The number of hydrogen-bond acceptors (Lipinski definition) is 1. The molecule has 0 saturated heterocycles. The molecular weight excluding hydrogens is 232 g/mol. The second-order valence-corrected chi connectivity index (χ2v) is 7.44. The van der Waals surface area contributed by atoms with Gasteiger partial charge in [-0.15, -0.1) is 0 Å². The molecule has 2 saturated carbocycles. The van der Waals surface area contributed by atoms with E-state index in [-0.39, 0.29) is 11.3 Å². The maximum Gasteiger partial charge on any atom is 0.144 e. The zero-order valence-corrected chi connectivity index (χ0v) is 12.9. The summed E-state index contributed by atoms with van der Waals surface area (Å²) in [4.78, 5) is 13.1. The van der Waals surface area contributed by atoms with E-state index in [1.165, 1.54) is 12.0 Å². The van der Waals surface area contributed by atoms with Crippen molar-refractivity contribution < 1.29 is 4.79 Å².